The highest BCUT2D eigenvalue weighted by Crippen LogP contribution is 2.32. The second-order valence-electron chi connectivity index (χ2n) is 9.78. The van der Waals surface area contributed by atoms with Crippen LogP contribution in [0.5, 0.6) is 11.5 Å². The molecule has 4 N–H and O–H groups in total. The lowest BCUT2D eigenvalue weighted by atomic mass is 9.97. The van der Waals surface area contributed by atoms with Crippen LogP contribution in [-0.2, 0) is 37.9 Å². The van der Waals surface area contributed by atoms with Gasteiger partial charge in [-0.3, -0.25) is 0 Å². The van der Waals surface area contributed by atoms with Crippen LogP contribution in [0.1, 0.15) is 6.92 Å². The van der Waals surface area contributed by atoms with E-state index in [1.807, 2.05) is 24.3 Å². The van der Waals surface area contributed by atoms with Crippen LogP contribution in [-0.4, -0.2) is 148 Å². The third-order valence-electron chi connectivity index (χ3n) is 6.99. The number of rotatable bonds is 4. The zero-order valence-corrected chi connectivity index (χ0v) is 23.3. The normalized spacial score (nSPS) is 38.3. The van der Waals surface area contributed by atoms with Gasteiger partial charge in [0.05, 0.1) is 52.4 Å². The predicted octanol–water partition coefficient (Wildman–Crippen LogP) is -1.16. The third-order valence-corrected chi connectivity index (χ3v) is 6.99. The molecule has 2 fully saturated rings. The van der Waals surface area contributed by atoms with E-state index in [0.29, 0.717) is 37.9 Å². The quantitative estimate of drug-likeness (QED) is 0.331. The summed E-state index contributed by atoms with van der Waals surface area (Å²) >= 11 is 0. The van der Waals surface area contributed by atoms with Crippen molar-refractivity contribution >= 4 is 0 Å². The molecule has 3 heterocycles. The van der Waals surface area contributed by atoms with Crippen LogP contribution in [0.3, 0.4) is 0 Å². The molecule has 0 aromatic heterocycles. The predicted molar refractivity (Wildman–Crippen MR) is 139 cm³/mol. The topological polar surface area (TPSA) is 173 Å². The van der Waals surface area contributed by atoms with Crippen molar-refractivity contribution in [1.29, 1.82) is 0 Å². The highest BCUT2D eigenvalue weighted by atomic mass is 16.7. The van der Waals surface area contributed by atoms with E-state index in [9.17, 15) is 20.4 Å². The molecule has 0 spiro atoms. The fraction of sp³-hybridized carbons (Fsp3) is 0.778. The number of aliphatic hydroxyl groups is 4. The van der Waals surface area contributed by atoms with E-state index < -0.39 is 68.0 Å². The van der Waals surface area contributed by atoms with Gasteiger partial charge in [0.15, 0.2) is 24.1 Å². The van der Waals surface area contributed by atoms with E-state index in [0.717, 1.165) is 0 Å². The number of fused-ring (bicyclic) bond motifs is 2. The first kappa shape index (κ1) is 32.3. The first-order chi connectivity index (χ1) is 19.9. The van der Waals surface area contributed by atoms with Crippen LogP contribution < -0.4 is 9.47 Å². The summed E-state index contributed by atoms with van der Waals surface area (Å²) in [5.74, 6) is 1.22. The molecule has 0 aliphatic carbocycles. The van der Waals surface area contributed by atoms with Crippen molar-refractivity contribution in [3.05, 3.63) is 24.3 Å². The number of benzene rings is 1. The summed E-state index contributed by atoms with van der Waals surface area (Å²) in [5, 5.41) is 40.5. The van der Waals surface area contributed by atoms with Crippen molar-refractivity contribution in [1.82, 2.24) is 0 Å². The van der Waals surface area contributed by atoms with E-state index in [1.54, 1.807) is 6.92 Å². The molecule has 14 heteroatoms. The van der Waals surface area contributed by atoms with Gasteiger partial charge in [0.25, 0.3) is 0 Å². The van der Waals surface area contributed by atoms with Gasteiger partial charge in [-0.25, -0.2) is 0 Å². The van der Waals surface area contributed by atoms with Gasteiger partial charge >= 0.3 is 0 Å². The maximum atomic E-state index is 10.6. The summed E-state index contributed by atoms with van der Waals surface area (Å²) in [4.78, 5) is 0. The highest BCUT2D eigenvalue weighted by molar-refractivity contribution is 5.39. The van der Waals surface area contributed by atoms with Crippen molar-refractivity contribution < 1.29 is 67.8 Å². The summed E-state index contributed by atoms with van der Waals surface area (Å²) in [5.41, 5.74) is 0. The Hall–Kier alpha value is -1.66. The van der Waals surface area contributed by atoms with Crippen molar-refractivity contribution in [2.24, 2.45) is 0 Å². The van der Waals surface area contributed by atoms with Crippen molar-refractivity contribution in [3.8, 4) is 11.5 Å². The number of ether oxygens (including phenoxy) is 10. The lowest BCUT2D eigenvalue weighted by Crippen LogP contribution is -2.64. The number of methoxy groups -OCH3 is 1. The van der Waals surface area contributed by atoms with Gasteiger partial charge in [-0.05, 0) is 19.1 Å². The largest absolute Gasteiger partial charge is 0.487 e. The van der Waals surface area contributed by atoms with Gasteiger partial charge < -0.3 is 67.8 Å². The molecule has 3 aliphatic heterocycles. The average molecular weight is 591 g/mol. The van der Waals surface area contributed by atoms with Crippen molar-refractivity contribution in [3.63, 3.8) is 0 Å². The number of hydrogen-bond donors (Lipinski definition) is 4. The SMILES string of the molecule is CO[C@H]1O[C@@H](C)[C@@H](O[C@@H]2O[C@@H](CO)[C@H](O)[C@H](O)[C@@H]2O)[C@@H]2OCCOCCOc3ccccc3OCCOCCO[C@H]12. The highest BCUT2D eigenvalue weighted by Gasteiger charge is 2.51. The van der Waals surface area contributed by atoms with Gasteiger partial charge in [-0.2, -0.15) is 0 Å². The summed E-state index contributed by atoms with van der Waals surface area (Å²) in [6.07, 6.45) is -11.1. The first-order valence-electron chi connectivity index (χ1n) is 13.8. The van der Waals surface area contributed by atoms with Gasteiger partial charge in [-0.15, -0.1) is 0 Å². The van der Waals surface area contributed by atoms with E-state index in [2.05, 4.69) is 0 Å². The van der Waals surface area contributed by atoms with Crippen LogP contribution in [0.2, 0.25) is 0 Å². The summed E-state index contributed by atoms with van der Waals surface area (Å²) < 4.78 is 58.5. The van der Waals surface area contributed by atoms with Gasteiger partial charge in [0.1, 0.15) is 55.9 Å². The second kappa shape index (κ2) is 16.3. The fourth-order valence-corrected chi connectivity index (χ4v) is 4.85. The number of hydrogen-bond acceptors (Lipinski definition) is 14. The fourth-order valence-electron chi connectivity index (χ4n) is 4.85. The van der Waals surface area contributed by atoms with Crippen LogP contribution in [0.25, 0.3) is 0 Å². The molecule has 3 aliphatic rings. The molecule has 2 saturated heterocycles. The number of aliphatic hydroxyl groups excluding tert-OH is 4. The zero-order valence-electron chi connectivity index (χ0n) is 23.3. The van der Waals surface area contributed by atoms with Gasteiger partial charge in [0.2, 0.25) is 0 Å². The second-order valence-corrected chi connectivity index (χ2v) is 9.78. The Bertz CT molecular complexity index is 889. The Morgan fingerprint density at radius 3 is 1.90 bits per heavy atom. The van der Waals surface area contributed by atoms with E-state index in [-0.39, 0.29) is 26.4 Å². The molecule has 0 amide bonds. The van der Waals surface area contributed by atoms with Crippen LogP contribution in [0.4, 0.5) is 0 Å². The monoisotopic (exact) mass is 590 g/mol. The molecule has 1 aromatic carbocycles. The molecule has 41 heavy (non-hydrogen) atoms. The maximum absolute atomic E-state index is 10.6. The van der Waals surface area contributed by atoms with Crippen LogP contribution in [0.15, 0.2) is 24.3 Å². The molecule has 4 rings (SSSR count). The molecule has 1 aromatic rings. The molecule has 234 valence electrons. The van der Waals surface area contributed by atoms with Crippen LogP contribution in [0, 0.1) is 0 Å². The van der Waals surface area contributed by atoms with Gasteiger partial charge in [0, 0.05) is 7.11 Å². The molecular formula is C27H42O14. The van der Waals surface area contributed by atoms with Crippen LogP contribution >= 0.6 is 0 Å². The third kappa shape index (κ3) is 8.46. The summed E-state index contributed by atoms with van der Waals surface area (Å²) in [7, 11) is 1.48. The molecule has 0 bridgehead atoms. The average Bonchev–Trinajstić information content (AvgIpc) is 2.98. The lowest BCUT2D eigenvalue weighted by Gasteiger charge is -2.47. The minimum atomic E-state index is -1.60. The van der Waals surface area contributed by atoms with E-state index in [4.69, 9.17) is 47.4 Å². The molecule has 10 atom stereocenters. The van der Waals surface area contributed by atoms with Gasteiger partial charge in [-0.1, -0.05) is 12.1 Å². The minimum Gasteiger partial charge on any atom is -0.487 e. The minimum absolute atomic E-state index is 0.151. The molecule has 14 nitrogen and oxygen atoms in total. The zero-order chi connectivity index (χ0) is 29.2. The summed E-state index contributed by atoms with van der Waals surface area (Å²) in [6, 6.07) is 7.36. The Balaban J connectivity index is 1.45. The number of para-hydroxylation sites is 2. The molecular weight excluding hydrogens is 548 g/mol. The Morgan fingerprint density at radius 1 is 0.732 bits per heavy atom. The smallest absolute Gasteiger partial charge is 0.187 e. The Kier molecular flexibility index (Phi) is 12.8. The first-order valence-corrected chi connectivity index (χ1v) is 13.8. The molecule has 0 saturated carbocycles. The van der Waals surface area contributed by atoms with E-state index in [1.165, 1.54) is 7.11 Å². The standard InChI is InChI=1S/C27H42O14/c1-16-23(41-26-22(31)21(30)20(29)19(15-28)40-26)24-25(27(32-2)39-16)38-14-10-34-8-12-36-18-6-4-3-5-17(18)35-11-7-33-9-13-37-24/h3-6,16,19-31H,7-15H2,1-2H3/t16-,19-,20-,21-,22-,23+,24-,25-,26-,27-/m0/s1. The summed E-state index contributed by atoms with van der Waals surface area (Å²) in [6.45, 7) is 3.17. The van der Waals surface area contributed by atoms with Crippen molar-refractivity contribution in [2.75, 3.05) is 66.6 Å². The van der Waals surface area contributed by atoms with E-state index >= 15 is 0 Å². The Morgan fingerprint density at radius 2 is 1.32 bits per heavy atom. The lowest BCUT2D eigenvalue weighted by molar-refractivity contribution is -0.360. The molecule has 0 unspecified atom stereocenters. The maximum Gasteiger partial charge on any atom is 0.187 e. The molecule has 0 radical (unpaired) electrons. The van der Waals surface area contributed by atoms with Crippen molar-refractivity contribution in [2.45, 2.75) is 68.3 Å². The Labute approximate surface area is 238 Å².